The highest BCUT2D eigenvalue weighted by Crippen LogP contribution is 2.06. The maximum Gasteiger partial charge on any atom is 0.0139 e. The molecule has 0 aromatic rings. The molecule has 0 aromatic carbocycles. The lowest BCUT2D eigenvalue weighted by Gasteiger charge is -2.33. The van der Waals surface area contributed by atoms with E-state index in [4.69, 9.17) is 11.5 Å². The largest absolute Gasteiger partial charge is 0.327 e. The van der Waals surface area contributed by atoms with Crippen molar-refractivity contribution in [2.45, 2.75) is 66.1 Å². The first-order chi connectivity index (χ1) is 9.26. The van der Waals surface area contributed by atoms with Crippen molar-refractivity contribution in [1.82, 2.24) is 9.80 Å². The summed E-state index contributed by atoms with van der Waals surface area (Å²) >= 11 is 0. The Kier molecular flexibility index (Phi) is 10.5. The molecule has 0 bridgehead atoms. The van der Waals surface area contributed by atoms with Crippen LogP contribution >= 0.6 is 0 Å². The van der Waals surface area contributed by atoms with Gasteiger partial charge in [0.2, 0.25) is 0 Å². The summed E-state index contributed by atoms with van der Waals surface area (Å²) in [7, 11) is 0. The highest BCUT2D eigenvalue weighted by Gasteiger charge is 2.16. The topological polar surface area (TPSA) is 58.5 Å². The van der Waals surface area contributed by atoms with Gasteiger partial charge in [0.15, 0.2) is 0 Å². The molecule has 0 aromatic heterocycles. The summed E-state index contributed by atoms with van der Waals surface area (Å²) in [6.07, 6.45) is 1.17. The van der Waals surface area contributed by atoms with Crippen LogP contribution in [0.2, 0.25) is 0 Å². The Morgan fingerprint density at radius 3 is 1.75 bits per heavy atom. The fourth-order valence-corrected chi connectivity index (χ4v) is 2.57. The minimum Gasteiger partial charge on any atom is -0.327 e. The maximum atomic E-state index is 5.98. The minimum absolute atomic E-state index is 0.232. The lowest BCUT2D eigenvalue weighted by molar-refractivity contribution is 0.149. The van der Waals surface area contributed by atoms with E-state index in [1.807, 2.05) is 0 Å². The van der Waals surface area contributed by atoms with Crippen LogP contribution in [-0.2, 0) is 0 Å². The van der Waals surface area contributed by atoms with Gasteiger partial charge in [0.25, 0.3) is 0 Å². The van der Waals surface area contributed by atoms with Gasteiger partial charge in [-0.25, -0.2) is 0 Å². The second kappa shape index (κ2) is 10.6. The van der Waals surface area contributed by atoms with Crippen LogP contribution in [0.25, 0.3) is 0 Å². The molecule has 0 saturated carbocycles. The highest BCUT2D eigenvalue weighted by molar-refractivity contribution is 4.74. The zero-order valence-corrected chi connectivity index (χ0v) is 14.6. The van der Waals surface area contributed by atoms with Crippen LogP contribution in [0.1, 0.15) is 48.0 Å². The van der Waals surface area contributed by atoms with E-state index in [2.05, 4.69) is 51.3 Å². The fourth-order valence-electron chi connectivity index (χ4n) is 2.57. The predicted molar refractivity (Wildman–Crippen MR) is 89.9 cm³/mol. The first-order valence-electron chi connectivity index (χ1n) is 8.23. The third-order valence-corrected chi connectivity index (χ3v) is 3.61. The van der Waals surface area contributed by atoms with E-state index in [9.17, 15) is 0 Å². The summed E-state index contributed by atoms with van der Waals surface area (Å²) in [5.41, 5.74) is 11.9. The van der Waals surface area contributed by atoms with Crippen molar-refractivity contribution in [3.05, 3.63) is 0 Å². The molecule has 0 aliphatic rings. The second-order valence-electron chi connectivity index (χ2n) is 6.86. The smallest absolute Gasteiger partial charge is 0.0139 e. The molecule has 0 aliphatic carbocycles. The molecule has 122 valence electrons. The number of nitrogens with zero attached hydrogens (tertiary/aromatic N) is 2. The van der Waals surface area contributed by atoms with Crippen molar-refractivity contribution in [2.75, 3.05) is 32.7 Å². The normalized spacial score (nSPS) is 16.9. The molecule has 0 spiro atoms. The molecule has 4 heteroatoms. The zero-order valence-electron chi connectivity index (χ0n) is 14.6. The number of nitrogens with two attached hydrogens (primary N) is 2. The average molecular weight is 287 g/mol. The van der Waals surface area contributed by atoms with E-state index in [-0.39, 0.29) is 12.1 Å². The molecule has 0 radical (unpaired) electrons. The molecule has 0 saturated heterocycles. The lowest BCUT2D eigenvalue weighted by Crippen LogP contribution is -2.47. The van der Waals surface area contributed by atoms with Crippen molar-refractivity contribution in [3.63, 3.8) is 0 Å². The van der Waals surface area contributed by atoms with Crippen molar-refractivity contribution >= 4 is 0 Å². The second-order valence-corrected chi connectivity index (χ2v) is 6.86. The third-order valence-electron chi connectivity index (χ3n) is 3.61. The molecule has 4 nitrogen and oxygen atoms in total. The Morgan fingerprint density at radius 1 is 0.800 bits per heavy atom. The van der Waals surface area contributed by atoms with Crippen molar-refractivity contribution in [2.24, 2.45) is 17.4 Å². The summed E-state index contributed by atoms with van der Waals surface area (Å²) in [5, 5.41) is 0. The lowest BCUT2D eigenvalue weighted by atomic mass is 10.1. The number of hydrogen-bond donors (Lipinski definition) is 2. The van der Waals surface area contributed by atoms with Crippen LogP contribution < -0.4 is 11.5 Å². The molecular weight excluding hydrogens is 248 g/mol. The Morgan fingerprint density at radius 2 is 1.35 bits per heavy atom. The minimum atomic E-state index is 0.232. The van der Waals surface area contributed by atoms with Gasteiger partial charge in [-0.05, 0) is 33.1 Å². The third kappa shape index (κ3) is 9.70. The highest BCUT2D eigenvalue weighted by atomic mass is 15.2. The van der Waals surface area contributed by atoms with Crippen LogP contribution in [0, 0.1) is 5.92 Å². The Bertz CT molecular complexity index is 219. The molecule has 0 fully saturated rings. The van der Waals surface area contributed by atoms with Gasteiger partial charge >= 0.3 is 0 Å². The standard InChI is InChI=1S/C16H38N4/c1-7-16(6)20(12-15(5)18)9-8-19(10-13(2)3)11-14(4)17/h13-16H,7-12,17-18H2,1-6H3. The van der Waals surface area contributed by atoms with Crippen LogP contribution in [0.5, 0.6) is 0 Å². The van der Waals surface area contributed by atoms with E-state index < -0.39 is 0 Å². The first-order valence-corrected chi connectivity index (χ1v) is 8.23. The van der Waals surface area contributed by atoms with E-state index in [1.165, 1.54) is 6.42 Å². The summed E-state index contributed by atoms with van der Waals surface area (Å²) in [6, 6.07) is 1.06. The summed E-state index contributed by atoms with van der Waals surface area (Å²) in [5.74, 6) is 0.680. The van der Waals surface area contributed by atoms with E-state index in [0.717, 1.165) is 32.7 Å². The summed E-state index contributed by atoms with van der Waals surface area (Å²) in [6.45, 7) is 18.5. The fraction of sp³-hybridized carbons (Fsp3) is 1.00. The molecular formula is C16H38N4. The van der Waals surface area contributed by atoms with Gasteiger partial charge in [-0.15, -0.1) is 0 Å². The van der Waals surface area contributed by atoms with Gasteiger partial charge in [0.05, 0.1) is 0 Å². The average Bonchev–Trinajstić information content (AvgIpc) is 2.31. The first kappa shape index (κ1) is 19.8. The Hall–Kier alpha value is -0.160. The molecule has 0 heterocycles. The SMILES string of the molecule is CCC(C)N(CCN(CC(C)C)CC(C)N)CC(C)N. The van der Waals surface area contributed by atoms with E-state index in [0.29, 0.717) is 12.0 Å². The molecule has 20 heavy (non-hydrogen) atoms. The predicted octanol–water partition coefficient (Wildman–Crippen LogP) is 1.74. The van der Waals surface area contributed by atoms with Crippen LogP contribution in [0.4, 0.5) is 0 Å². The van der Waals surface area contributed by atoms with Crippen LogP contribution in [-0.4, -0.2) is 60.6 Å². The van der Waals surface area contributed by atoms with Gasteiger partial charge in [0.1, 0.15) is 0 Å². The van der Waals surface area contributed by atoms with Crippen LogP contribution in [0.3, 0.4) is 0 Å². The molecule has 3 unspecified atom stereocenters. The van der Waals surface area contributed by atoms with E-state index >= 15 is 0 Å². The molecule has 0 rings (SSSR count). The molecule has 0 amide bonds. The summed E-state index contributed by atoms with van der Waals surface area (Å²) in [4.78, 5) is 5.01. The van der Waals surface area contributed by atoms with Gasteiger partial charge in [-0.3, -0.25) is 4.90 Å². The van der Waals surface area contributed by atoms with Gasteiger partial charge in [0, 0.05) is 50.8 Å². The van der Waals surface area contributed by atoms with Crippen molar-refractivity contribution < 1.29 is 0 Å². The van der Waals surface area contributed by atoms with Crippen molar-refractivity contribution in [1.29, 1.82) is 0 Å². The quantitative estimate of drug-likeness (QED) is 0.607. The molecule has 0 aliphatic heterocycles. The van der Waals surface area contributed by atoms with Crippen molar-refractivity contribution in [3.8, 4) is 0 Å². The Balaban J connectivity index is 4.43. The number of hydrogen-bond acceptors (Lipinski definition) is 4. The van der Waals surface area contributed by atoms with Gasteiger partial charge in [-0.1, -0.05) is 20.8 Å². The Labute approximate surface area is 126 Å². The zero-order chi connectivity index (χ0) is 15.7. The monoisotopic (exact) mass is 286 g/mol. The molecule has 3 atom stereocenters. The summed E-state index contributed by atoms with van der Waals surface area (Å²) < 4.78 is 0. The van der Waals surface area contributed by atoms with Crippen LogP contribution in [0.15, 0.2) is 0 Å². The van der Waals surface area contributed by atoms with Gasteiger partial charge < -0.3 is 16.4 Å². The number of rotatable bonds is 11. The maximum absolute atomic E-state index is 5.98. The van der Waals surface area contributed by atoms with E-state index in [1.54, 1.807) is 0 Å². The van der Waals surface area contributed by atoms with Gasteiger partial charge in [-0.2, -0.15) is 0 Å². The molecule has 4 N–H and O–H groups in total.